The van der Waals surface area contributed by atoms with Gasteiger partial charge in [0.05, 0.1) is 26.2 Å². The van der Waals surface area contributed by atoms with Crippen molar-refractivity contribution in [3.63, 3.8) is 0 Å². The van der Waals surface area contributed by atoms with Crippen molar-refractivity contribution >= 4 is 17.5 Å². The normalized spacial score (nSPS) is 19.5. The highest BCUT2D eigenvalue weighted by Crippen LogP contribution is 2.44. The summed E-state index contributed by atoms with van der Waals surface area (Å²) in [5.41, 5.74) is 3.01. The second-order valence-corrected chi connectivity index (χ2v) is 9.33. The van der Waals surface area contributed by atoms with Gasteiger partial charge in [-0.3, -0.25) is 9.59 Å². The van der Waals surface area contributed by atoms with E-state index < -0.39 is 12.0 Å². The van der Waals surface area contributed by atoms with E-state index in [-0.39, 0.29) is 17.6 Å². The average Bonchev–Trinajstić information content (AvgIpc) is 2.94. The van der Waals surface area contributed by atoms with Crippen LogP contribution in [0.3, 0.4) is 0 Å². The number of carbonyl (C=O) groups excluding carboxylic acids is 2. The number of rotatable bonds is 5. The predicted molar refractivity (Wildman–Crippen MR) is 139 cm³/mol. The number of anilines is 1. The lowest BCUT2D eigenvalue weighted by atomic mass is 9.79. The minimum absolute atomic E-state index is 0.0228. The third-order valence-electron chi connectivity index (χ3n) is 7.38. The molecule has 5 rings (SSSR count). The zero-order chi connectivity index (χ0) is 26.1. The Hall–Kier alpha value is -4.07. The largest absolute Gasteiger partial charge is 0.493 e. The third-order valence-corrected chi connectivity index (χ3v) is 7.38. The summed E-state index contributed by atoms with van der Waals surface area (Å²) in [5.74, 6) is 0.128. The van der Waals surface area contributed by atoms with Crippen molar-refractivity contribution in [2.75, 3.05) is 52.3 Å². The van der Waals surface area contributed by atoms with E-state index in [1.54, 1.807) is 50.4 Å². The molecule has 2 aliphatic rings. The highest BCUT2D eigenvalue weighted by molar-refractivity contribution is 6.01. The fraction of sp³-hybridized carbons (Fsp3) is 0.310. The van der Waals surface area contributed by atoms with E-state index in [0.29, 0.717) is 43.2 Å². The van der Waals surface area contributed by atoms with E-state index in [1.807, 2.05) is 35.2 Å². The van der Waals surface area contributed by atoms with Gasteiger partial charge in [-0.25, -0.2) is 4.39 Å². The van der Waals surface area contributed by atoms with E-state index in [9.17, 15) is 14.0 Å². The molecule has 2 atom stereocenters. The van der Waals surface area contributed by atoms with Crippen LogP contribution < -0.4 is 14.4 Å². The molecule has 1 saturated heterocycles. The van der Waals surface area contributed by atoms with Gasteiger partial charge in [0.2, 0.25) is 5.91 Å². The van der Waals surface area contributed by atoms with Crippen LogP contribution in [0.5, 0.6) is 11.5 Å². The van der Waals surface area contributed by atoms with Gasteiger partial charge >= 0.3 is 0 Å². The van der Waals surface area contributed by atoms with Gasteiger partial charge in [0.1, 0.15) is 5.82 Å². The smallest absolute Gasteiger partial charge is 0.254 e. The second-order valence-electron chi connectivity index (χ2n) is 9.33. The lowest BCUT2D eigenvalue weighted by molar-refractivity contribution is -0.134. The Bertz CT molecular complexity index is 1300. The SMILES string of the molecule is COc1ccc([C@H]2[C@@H](C(=O)N3CCN(c4ccc(F)cc4)CC3)c3ccccc3C(=O)N2C)cc1OC. The van der Waals surface area contributed by atoms with E-state index in [4.69, 9.17) is 9.47 Å². The lowest BCUT2D eigenvalue weighted by Gasteiger charge is -2.43. The monoisotopic (exact) mass is 503 g/mol. The molecule has 37 heavy (non-hydrogen) atoms. The number of ether oxygens (including phenoxy) is 2. The topological polar surface area (TPSA) is 62.3 Å². The van der Waals surface area contributed by atoms with Gasteiger partial charge in [0.15, 0.2) is 11.5 Å². The number of methoxy groups -OCH3 is 2. The van der Waals surface area contributed by atoms with Crippen molar-refractivity contribution in [2.24, 2.45) is 0 Å². The van der Waals surface area contributed by atoms with Gasteiger partial charge in [0, 0.05) is 44.5 Å². The van der Waals surface area contributed by atoms with Crippen LogP contribution >= 0.6 is 0 Å². The van der Waals surface area contributed by atoms with E-state index in [2.05, 4.69) is 4.90 Å². The molecular formula is C29H30FN3O4. The van der Waals surface area contributed by atoms with Gasteiger partial charge in [-0.15, -0.1) is 0 Å². The Balaban J connectivity index is 1.48. The summed E-state index contributed by atoms with van der Waals surface area (Å²) in [6.45, 7) is 2.35. The molecule has 0 N–H and O–H groups in total. The van der Waals surface area contributed by atoms with Crippen LogP contribution in [0.2, 0.25) is 0 Å². The highest BCUT2D eigenvalue weighted by Gasteiger charge is 2.44. The van der Waals surface area contributed by atoms with Gasteiger partial charge in [-0.05, 0) is 53.6 Å². The van der Waals surface area contributed by atoms with Crippen LogP contribution in [0.25, 0.3) is 0 Å². The molecule has 1 fully saturated rings. The van der Waals surface area contributed by atoms with Crippen LogP contribution in [0.4, 0.5) is 10.1 Å². The fourth-order valence-corrected chi connectivity index (χ4v) is 5.43. The first-order valence-electron chi connectivity index (χ1n) is 12.3. The molecule has 192 valence electrons. The molecule has 0 unspecified atom stereocenters. The minimum atomic E-state index is -0.575. The van der Waals surface area contributed by atoms with Crippen molar-refractivity contribution in [2.45, 2.75) is 12.0 Å². The molecule has 3 aromatic rings. The predicted octanol–water partition coefficient (Wildman–Crippen LogP) is 4.10. The average molecular weight is 504 g/mol. The molecule has 0 aromatic heterocycles. The Morgan fingerprint density at radius 1 is 0.892 bits per heavy atom. The number of benzene rings is 3. The molecular weight excluding hydrogens is 473 g/mol. The number of carbonyl (C=O) groups is 2. The summed E-state index contributed by atoms with van der Waals surface area (Å²) in [5, 5.41) is 0. The second kappa shape index (κ2) is 10.1. The summed E-state index contributed by atoms with van der Waals surface area (Å²) < 4.78 is 24.3. The fourth-order valence-electron chi connectivity index (χ4n) is 5.43. The van der Waals surface area contributed by atoms with E-state index >= 15 is 0 Å². The van der Waals surface area contributed by atoms with Crippen LogP contribution in [0.15, 0.2) is 66.7 Å². The number of amides is 2. The third kappa shape index (κ3) is 4.48. The van der Waals surface area contributed by atoms with Gasteiger partial charge in [0.25, 0.3) is 5.91 Å². The molecule has 2 amide bonds. The Morgan fingerprint density at radius 2 is 1.57 bits per heavy atom. The molecule has 8 heteroatoms. The molecule has 0 spiro atoms. The lowest BCUT2D eigenvalue weighted by Crippen LogP contribution is -2.53. The Morgan fingerprint density at radius 3 is 2.24 bits per heavy atom. The number of fused-ring (bicyclic) bond motifs is 1. The molecule has 7 nitrogen and oxygen atoms in total. The van der Waals surface area contributed by atoms with Crippen molar-refractivity contribution < 1.29 is 23.5 Å². The van der Waals surface area contributed by atoms with Crippen LogP contribution in [-0.4, -0.2) is 69.1 Å². The summed E-state index contributed by atoms with van der Waals surface area (Å²) >= 11 is 0. The van der Waals surface area contributed by atoms with Crippen LogP contribution in [0, 0.1) is 5.82 Å². The zero-order valence-corrected chi connectivity index (χ0v) is 21.2. The number of halogens is 1. The van der Waals surface area contributed by atoms with Crippen molar-refractivity contribution in [1.29, 1.82) is 0 Å². The number of hydrogen-bond acceptors (Lipinski definition) is 5. The summed E-state index contributed by atoms with van der Waals surface area (Å²) in [6, 6.07) is 18.8. The zero-order valence-electron chi connectivity index (χ0n) is 21.2. The molecule has 2 aliphatic heterocycles. The Kier molecular flexibility index (Phi) is 6.74. The van der Waals surface area contributed by atoms with Gasteiger partial charge in [-0.2, -0.15) is 0 Å². The minimum Gasteiger partial charge on any atom is -0.493 e. The van der Waals surface area contributed by atoms with Crippen molar-refractivity contribution in [3.8, 4) is 11.5 Å². The number of piperazine rings is 1. The first-order chi connectivity index (χ1) is 17.9. The molecule has 0 saturated carbocycles. The summed E-state index contributed by atoms with van der Waals surface area (Å²) in [7, 11) is 4.88. The molecule has 0 bridgehead atoms. The van der Waals surface area contributed by atoms with E-state index in [0.717, 1.165) is 16.8 Å². The first kappa shape index (κ1) is 24.6. The Labute approximate surface area is 216 Å². The number of nitrogens with zero attached hydrogens (tertiary/aromatic N) is 3. The summed E-state index contributed by atoms with van der Waals surface area (Å²) in [4.78, 5) is 33.2. The number of hydrogen-bond donors (Lipinski definition) is 0. The maximum absolute atomic E-state index is 14.2. The maximum Gasteiger partial charge on any atom is 0.254 e. The molecule has 3 aromatic carbocycles. The van der Waals surface area contributed by atoms with Gasteiger partial charge < -0.3 is 24.2 Å². The number of likely N-dealkylation sites (N-methyl/N-ethyl adjacent to an activating group) is 1. The van der Waals surface area contributed by atoms with E-state index in [1.165, 1.54) is 12.1 Å². The standard InChI is InChI=1S/C29H30FN3O4/c1-31-27(19-8-13-24(36-2)25(18-19)37-3)26(22-6-4-5-7-23(22)28(31)34)29(35)33-16-14-32(15-17-33)21-11-9-20(30)10-12-21/h4-13,18,26-27H,14-17H2,1-3H3/t26-,27-/m0/s1. The van der Waals surface area contributed by atoms with Crippen molar-refractivity contribution in [1.82, 2.24) is 9.80 Å². The highest BCUT2D eigenvalue weighted by atomic mass is 19.1. The van der Waals surface area contributed by atoms with Crippen LogP contribution in [0.1, 0.15) is 33.4 Å². The first-order valence-corrected chi connectivity index (χ1v) is 12.3. The molecule has 0 aliphatic carbocycles. The maximum atomic E-state index is 14.2. The quantitative estimate of drug-likeness (QED) is 0.525. The molecule has 2 heterocycles. The van der Waals surface area contributed by atoms with Crippen molar-refractivity contribution in [3.05, 3.63) is 89.2 Å². The summed E-state index contributed by atoms with van der Waals surface area (Å²) in [6.07, 6.45) is 0. The molecule has 0 radical (unpaired) electrons. The van der Waals surface area contributed by atoms with Crippen LogP contribution in [-0.2, 0) is 4.79 Å². The van der Waals surface area contributed by atoms with Gasteiger partial charge in [-0.1, -0.05) is 24.3 Å².